The summed E-state index contributed by atoms with van der Waals surface area (Å²) in [5.41, 5.74) is 10.3. The molecule has 2 rings (SSSR count). The van der Waals surface area contributed by atoms with E-state index >= 15 is 0 Å². The topological polar surface area (TPSA) is 51.8 Å². The first-order valence-electron chi connectivity index (χ1n) is 7.05. The predicted octanol–water partition coefficient (Wildman–Crippen LogP) is 3.39. The predicted molar refractivity (Wildman–Crippen MR) is 83.6 cm³/mol. The molecule has 0 aliphatic rings. The van der Waals surface area contributed by atoms with E-state index in [1.807, 2.05) is 12.3 Å². The first-order valence-corrected chi connectivity index (χ1v) is 7.05. The molecular weight excluding hydrogens is 246 g/mol. The molecule has 0 aliphatic carbocycles. The minimum Gasteiger partial charge on any atom is -0.330 e. The molecule has 3 nitrogen and oxygen atoms in total. The Bertz CT molecular complexity index is 603. The van der Waals surface area contributed by atoms with Gasteiger partial charge in [-0.15, -0.1) is 0 Å². The number of hydrogen-bond acceptors (Lipinski definition) is 3. The van der Waals surface area contributed by atoms with Gasteiger partial charge in [0.15, 0.2) is 0 Å². The van der Waals surface area contributed by atoms with Crippen LogP contribution in [-0.2, 0) is 5.41 Å². The molecule has 2 aromatic rings. The summed E-state index contributed by atoms with van der Waals surface area (Å²) in [5, 5.41) is 0. The fourth-order valence-corrected chi connectivity index (χ4v) is 2.41. The van der Waals surface area contributed by atoms with E-state index in [9.17, 15) is 0 Å². The van der Waals surface area contributed by atoms with E-state index in [1.165, 1.54) is 16.7 Å². The van der Waals surface area contributed by atoms with E-state index in [-0.39, 0.29) is 5.41 Å². The third kappa shape index (κ3) is 3.05. The first-order chi connectivity index (χ1) is 9.44. The van der Waals surface area contributed by atoms with Crippen LogP contribution in [0.15, 0.2) is 30.5 Å². The molecule has 1 aromatic heterocycles. The summed E-state index contributed by atoms with van der Waals surface area (Å²) in [6, 6.07) is 8.41. The quantitative estimate of drug-likeness (QED) is 0.925. The van der Waals surface area contributed by atoms with E-state index in [2.05, 4.69) is 50.9 Å². The number of hydrogen-bond donors (Lipinski definition) is 1. The molecule has 1 aromatic carbocycles. The zero-order valence-electron chi connectivity index (χ0n) is 12.8. The van der Waals surface area contributed by atoms with Crippen molar-refractivity contribution in [2.45, 2.75) is 39.5 Å². The maximum Gasteiger partial charge on any atom is 0.134 e. The normalized spacial score (nSPS) is 11.7. The summed E-state index contributed by atoms with van der Waals surface area (Å²) < 4.78 is 0. The van der Waals surface area contributed by atoms with Crippen LogP contribution >= 0.6 is 0 Å². The van der Waals surface area contributed by atoms with Gasteiger partial charge >= 0.3 is 0 Å². The van der Waals surface area contributed by atoms with Crippen molar-refractivity contribution in [2.75, 3.05) is 6.54 Å². The Morgan fingerprint density at radius 3 is 2.55 bits per heavy atom. The zero-order valence-corrected chi connectivity index (χ0v) is 12.8. The van der Waals surface area contributed by atoms with Gasteiger partial charge < -0.3 is 5.73 Å². The summed E-state index contributed by atoms with van der Waals surface area (Å²) in [4.78, 5) is 9.19. The van der Waals surface area contributed by atoms with E-state index in [4.69, 9.17) is 10.7 Å². The summed E-state index contributed by atoms with van der Waals surface area (Å²) in [6.45, 7) is 9.15. The minimum absolute atomic E-state index is 0.0939. The van der Waals surface area contributed by atoms with Gasteiger partial charge in [0.05, 0.1) is 5.69 Å². The van der Waals surface area contributed by atoms with Gasteiger partial charge in [-0.05, 0) is 38.4 Å². The Labute approximate surface area is 121 Å². The van der Waals surface area contributed by atoms with Crippen molar-refractivity contribution in [3.8, 4) is 11.3 Å². The minimum atomic E-state index is -0.0939. The van der Waals surface area contributed by atoms with Crippen LogP contribution in [0.4, 0.5) is 0 Å². The molecule has 0 fully saturated rings. The zero-order chi connectivity index (χ0) is 14.8. The molecule has 0 amide bonds. The fourth-order valence-electron chi connectivity index (χ4n) is 2.41. The van der Waals surface area contributed by atoms with Gasteiger partial charge in [0.2, 0.25) is 0 Å². The molecular formula is C17H23N3. The van der Waals surface area contributed by atoms with Crippen LogP contribution in [0.3, 0.4) is 0 Å². The van der Waals surface area contributed by atoms with Gasteiger partial charge in [0, 0.05) is 17.2 Å². The van der Waals surface area contributed by atoms with Gasteiger partial charge in [-0.25, -0.2) is 9.97 Å². The van der Waals surface area contributed by atoms with Crippen LogP contribution in [0.1, 0.15) is 37.2 Å². The number of aryl methyl sites for hydroxylation is 2. The molecule has 0 spiro atoms. The second kappa shape index (κ2) is 5.71. The summed E-state index contributed by atoms with van der Waals surface area (Å²) in [5.74, 6) is 0.862. The van der Waals surface area contributed by atoms with E-state index in [1.54, 1.807) is 0 Å². The van der Waals surface area contributed by atoms with Crippen molar-refractivity contribution < 1.29 is 0 Å². The molecule has 0 bridgehead atoms. The Hall–Kier alpha value is -1.74. The van der Waals surface area contributed by atoms with Gasteiger partial charge in [-0.2, -0.15) is 0 Å². The van der Waals surface area contributed by atoms with Crippen molar-refractivity contribution in [1.82, 2.24) is 9.97 Å². The number of aromatic nitrogens is 2. The lowest BCUT2D eigenvalue weighted by Gasteiger charge is -2.22. The summed E-state index contributed by atoms with van der Waals surface area (Å²) in [6.07, 6.45) is 2.72. The second-order valence-corrected chi connectivity index (χ2v) is 6.01. The number of benzene rings is 1. The van der Waals surface area contributed by atoms with Crippen LogP contribution in [0.5, 0.6) is 0 Å². The molecule has 0 saturated carbocycles. The van der Waals surface area contributed by atoms with E-state index < -0.39 is 0 Å². The third-order valence-corrected chi connectivity index (χ3v) is 3.69. The smallest absolute Gasteiger partial charge is 0.134 e. The van der Waals surface area contributed by atoms with Crippen LogP contribution in [0, 0.1) is 13.8 Å². The van der Waals surface area contributed by atoms with Crippen LogP contribution in [0.25, 0.3) is 11.3 Å². The van der Waals surface area contributed by atoms with Gasteiger partial charge in [0.25, 0.3) is 0 Å². The van der Waals surface area contributed by atoms with E-state index in [0.29, 0.717) is 6.54 Å². The van der Waals surface area contributed by atoms with Crippen LogP contribution in [0.2, 0.25) is 0 Å². The van der Waals surface area contributed by atoms with Crippen LogP contribution < -0.4 is 5.73 Å². The van der Waals surface area contributed by atoms with Gasteiger partial charge in [0.1, 0.15) is 5.82 Å². The highest BCUT2D eigenvalue weighted by molar-refractivity contribution is 5.63. The van der Waals surface area contributed by atoms with Gasteiger partial charge in [-0.3, -0.25) is 0 Å². The Morgan fingerprint density at radius 1 is 1.15 bits per heavy atom. The van der Waals surface area contributed by atoms with Gasteiger partial charge in [-0.1, -0.05) is 37.6 Å². The highest BCUT2D eigenvalue weighted by atomic mass is 14.9. The number of nitrogens with two attached hydrogens (primary N) is 1. The molecule has 2 N–H and O–H groups in total. The molecule has 0 aliphatic heterocycles. The fraction of sp³-hybridized carbons (Fsp3) is 0.412. The maximum absolute atomic E-state index is 5.69. The summed E-state index contributed by atoms with van der Waals surface area (Å²) in [7, 11) is 0. The van der Waals surface area contributed by atoms with Crippen molar-refractivity contribution in [3.63, 3.8) is 0 Å². The SMILES string of the molecule is Cc1ccc(-c2ccnc(C(C)(C)CCN)n2)c(C)c1. The van der Waals surface area contributed by atoms with E-state index in [0.717, 1.165) is 17.9 Å². The standard InChI is InChI=1S/C17H23N3/c1-12-5-6-14(13(2)11-12)15-7-10-19-16(20-15)17(3,4)8-9-18/h5-7,10-11H,8-9,18H2,1-4H3. The lowest BCUT2D eigenvalue weighted by atomic mass is 9.88. The monoisotopic (exact) mass is 269 g/mol. The molecule has 0 unspecified atom stereocenters. The second-order valence-electron chi connectivity index (χ2n) is 6.01. The largest absolute Gasteiger partial charge is 0.330 e. The first kappa shape index (κ1) is 14.7. The van der Waals surface area contributed by atoms with Crippen LogP contribution in [-0.4, -0.2) is 16.5 Å². The molecule has 0 saturated heterocycles. The number of nitrogens with zero attached hydrogens (tertiary/aromatic N) is 2. The highest BCUT2D eigenvalue weighted by Crippen LogP contribution is 2.27. The Morgan fingerprint density at radius 2 is 1.90 bits per heavy atom. The van der Waals surface area contributed by atoms with Crippen molar-refractivity contribution in [1.29, 1.82) is 0 Å². The molecule has 3 heteroatoms. The maximum atomic E-state index is 5.69. The average Bonchev–Trinajstić information content (AvgIpc) is 2.39. The van der Waals surface area contributed by atoms with Crippen molar-refractivity contribution in [2.24, 2.45) is 5.73 Å². The third-order valence-electron chi connectivity index (χ3n) is 3.69. The number of rotatable bonds is 4. The molecule has 0 atom stereocenters. The Balaban J connectivity index is 2.44. The molecule has 20 heavy (non-hydrogen) atoms. The van der Waals surface area contributed by atoms with Crippen molar-refractivity contribution in [3.05, 3.63) is 47.4 Å². The molecule has 1 heterocycles. The summed E-state index contributed by atoms with van der Waals surface area (Å²) >= 11 is 0. The lowest BCUT2D eigenvalue weighted by molar-refractivity contribution is 0.457. The van der Waals surface area contributed by atoms with Crippen molar-refractivity contribution >= 4 is 0 Å². The average molecular weight is 269 g/mol. The lowest BCUT2D eigenvalue weighted by Crippen LogP contribution is -2.24. The Kier molecular flexibility index (Phi) is 4.19. The molecule has 0 radical (unpaired) electrons. The highest BCUT2D eigenvalue weighted by Gasteiger charge is 2.23. The molecule has 106 valence electrons.